The first-order valence-corrected chi connectivity index (χ1v) is 6.04. The largest absolute Gasteiger partial charge is 0.330 e. The highest BCUT2D eigenvalue weighted by Crippen LogP contribution is 2.15. The third kappa shape index (κ3) is 2.79. The molecule has 0 aliphatic carbocycles. The fourth-order valence-electron chi connectivity index (χ4n) is 2.12. The molecule has 1 atom stereocenters. The standard InChI is InChI=1S/C12H19N5/c1-9(2)5-10(7-13)6-12-16-15-11-3-4-14-8-17(11)12/h3-4,8-10H,5-7,13H2,1-2H3. The molecule has 0 saturated carbocycles. The molecule has 2 rings (SSSR count). The molecule has 1 unspecified atom stereocenters. The molecule has 0 fully saturated rings. The topological polar surface area (TPSA) is 69.1 Å². The van der Waals surface area contributed by atoms with Crippen molar-refractivity contribution in [2.24, 2.45) is 17.6 Å². The van der Waals surface area contributed by atoms with Gasteiger partial charge in [0, 0.05) is 18.7 Å². The molecule has 0 bridgehead atoms. The molecular formula is C12H19N5. The third-order valence-corrected chi connectivity index (χ3v) is 2.89. The Hall–Kier alpha value is -1.49. The smallest absolute Gasteiger partial charge is 0.163 e. The van der Waals surface area contributed by atoms with Crippen LogP contribution in [-0.2, 0) is 6.42 Å². The number of hydrogen-bond donors (Lipinski definition) is 1. The van der Waals surface area contributed by atoms with Crippen LogP contribution < -0.4 is 5.73 Å². The third-order valence-electron chi connectivity index (χ3n) is 2.89. The molecule has 2 heterocycles. The van der Waals surface area contributed by atoms with Gasteiger partial charge in [0.2, 0.25) is 0 Å². The second kappa shape index (κ2) is 5.23. The molecule has 17 heavy (non-hydrogen) atoms. The van der Waals surface area contributed by atoms with Crippen LogP contribution >= 0.6 is 0 Å². The second-order valence-corrected chi connectivity index (χ2v) is 4.86. The van der Waals surface area contributed by atoms with E-state index >= 15 is 0 Å². The van der Waals surface area contributed by atoms with Crippen molar-refractivity contribution in [1.82, 2.24) is 19.6 Å². The van der Waals surface area contributed by atoms with Gasteiger partial charge in [-0.15, -0.1) is 10.2 Å². The van der Waals surface area contributed by atoms with Crippen LogP contribution in [0.5, 0.6) is 0 Å². The normalized spacial score (nSPS) is 13.4. The zero-order chi connectivity index (χ0) is 12.3. The van der Waals surface area contributed by atoms with Crippen LogP contribution in [0.15, 0.2) is 18.6 Å². The van der Waals surface area contributed by atoms with E-state index in [0.717, 1.165) is 24.3 Å². The van der Waals surface area contributed by atoms with E-state index in [0.29, 0.717) is 18.4 Å². The summed E-state index contributed by atoms with van der Waals surface area (Å²) in [6, 6.07) is 1.86. The summed E-state index contributed by atoms with van der Waals surface area (Å²) < 4.78 is 1.93. The van der Waals surface area contributed by atoms with Gasteiger partial charge in [0.05, 0.1) is 0 Å². The highest BCUT2D eigenvalue weighted by molar-refractivity contribution is 5.35. The van der Waals surface area contributed by atoms with Gasteiger partial charge in [-0.2, -0.15) is 0 Å². The average molecular weight is 233 g/mol. The van der Waals surface area contributed by atoms with Gasteiger partial charge in [0.15, 0.2) is 5.65 Å². The first-order chi connectivity index (χ1) is 8.20. The monoisotopic (exact) mass is 233 g/mol. The Balaban J connectivity index is 2.16. The van der Waals surface area contributed by atoms with Crippen LogP contribution in [0.2, 0.25) is 0 Å². The molecule has 5 heteroatoms. The number of nitrogens with two attached hydrogens (primary N) is 1. The molecule has 0 aliphatic rings. The number of nitrogens with zero attached hydrogens (tertiary/aromatic N) is 4. The molecule has 0 spiro atoms. The van der Waals surface area contributed by atoms with E-state index in [1.165, 1.54) is 0 Å². The van der Waals surface area contributed by atoms with Crippen LogP contribution in [0.3, 0.4) is 0 Å². The van der Waals surface area contributed by atoms with Crippen LogP contribution in [0.1, 0.15) is 26.1 Å². The maximum absolute atomic E-state index is 5.81. The fraction of sp³-hybridized carbons (Fsp3) is 0.583. The molecule has 2 aromatic heterocycles. The predicted molar refractivity (Wildman–Crippen MR) is 66.5 cm³/mol. The Morgan fingerprint density at radius 3 is 2.88 bits per heavy atom. The summed E-state index contributed by atoms with van der Waals surface area (Å²) in [5, 5.41) is 8.33. The minimum absolute atomic E-state index is 0.461. The number of hydrogen-bond acceptors (Lipinski definition) is 4. The van der Waals surface area contributed by atoms with Crippen molar-refractivity contribution >= 4 is 5.65 Å². The average Bonchev–Trinajstić information content (AvgIpc) is 2.71. The summed E-state index contributed by atoms with van der Waals surface area (Å²) in [6.45, 7) is 5.12. The lowest BCUT2D eigenvalue weighted by Gasteiger charge is -2.15. The maximum Gasteiger partial charge on any atom is 0.163 e. The van der Waals surface area contributed by atoms with Gasteiger partial charge in [0.25, 0.3) is 0 Å². The molecule has 0 saturated heterocycles. The van der Waals surface area contributed by atoms with Crippen LogP contribution in [0.4, 0.5) is 0 Å². The minimum Gasteiger partial charge on any atom is -0.330 e. The van der Waals surface area contributed by atoms with Gasteiger partial charge in [-0.05, 0) is 24.8 Å². The number of fused-ring (bicyclic) bond motifs is 1. The number of aromatic nitrogens is 4. The second-order valence-electron chi connectivity index (χ2n) is 4.86. The zero-order valence-corrected chi connectivity index (χ0v) is 10.4. The maximum atomic E-state index is 5.81. The van der Waals surface area contributed by atoms with Crippen LogP contribution in [0.25, 0.3) is 5.65 Å². The molecule has 2 aromatic rings. The van der Waals surface area contributed by atoms with Gasteiger partial charge < -0.3 is 5.73 Å². The van der Waals surface area contributed by atoms with Crippen molar-refractivity contribution in [3.63, 3.8) is 0 Å². The Bertz CT molecular complexity index is 476. The van der Waals surface area contributed by atoms with Crippen molar-refractivity contribution in [1.29, 1.82) is 0 Å². The molecular weight excluding hydrogens is 214 g/mol. The zero-order valence-electron chi connectivity index (χ0n) is 10.4. The van der Waals surface area contributed by atoms with E-state index in [1.807, 2.05) is 10.5 Å². The summed E-state index contributed by atoms with van der Waals surface area (Å²) in [6.07, 6.45) is 5.46. The lowest BCUT2D eigenvalue weighted by Crippen LogP contribution is -2.20. The Kier molecular flexibility index (Phi) is 3.68. The Morgan fingerprint density at radius 2 is 2.18 bits per heavy atom. The van der Waals surface area contributed by atoms with Crippen molar-refractivity contribution in [3.8, 4) is 0 Å². The molecule has 5 nitrogen and oxygen atoms in total. The molecule has 0 aliphatic heterocycles. The van der Waals surface area contributed by atoms with Crippen LogP contribution in [-0.4, -0.2) is 26.1 Å². The summed E-state index contributed by atoms with van der Waals surface area (Å²) in [5.41, 5.74) is 6.65. The molecule has 0 radical (unpaired) electrons. The summed E-state index contributed by atoms with van der Waals surface area (Å²) >= 11 is 0. The first-order valence-electron chi connectivity index (χ1n) is 6.04. The fourth-order valence-corrected chi connectivity index (χ4v) is 2.12. The quantitative estimate of drug-likeness (QED) is 0.844. The molecule has 0 amide bonds. The Labute approximate surface area is 101 Å². The highest BCUT2D eigenvalue weighted by atomic mass is 15.3. The number of rotatable bonds is 5. The first kappa shape index (κ1) is 12.0. The van der Waals surface area contributed by atoms with Crippen molar-refractivity contribution in [2.75, 3.05) is 6.54 Å². The SMILES string of the molecule is CC(C)CC(CN)Cc1nnc2ccncn12. The van der Waals surface area contributed by atoms with Gasteiger partial charge in [-0.1, -0.05) is 13.8 Å². The van der Waals surface area contributed by atoms with Crippen molar-refractivity contribution in [3.05, 3.63) is 24.4 Å². The predicted octanol–water partition coefficient (Wildman–Crippen LogP) is 1.29. The van der Waals surface area contributed by atoms with Gasteiger partial charge in [-0.3, -0.25) is 4.40 Å². The van der Waals surface area contributed by atoms with E-state index in [9.17, 15) is 0 Å². The van der Waals surface area contributed by atoms with Crippen molar-refractivity contribution in [2.45, 2.75) is 26.7 Å². The van der Waals surface area contributed by atoms with E-state index in [1.54, 1.807) is 12.5 Å². The van der Waals surface area contributed by atoms with Crippen LogP contribution in [0, 0.1) is 11.8 Å². The van der Waals surface area contributed by atoms with Gasteiger partial charge >= 0.3 is 0 Å². The lowest BCUT2D eigenvalue weighted by atomic mass is 9.94. The van der Waals surface area contributed by atoms with E-state index in [-0.39, 0.29) is 0 Å². The highest BCUT2D eigenvalue weighted by Gasteiger charge is 2.14. The molecule has 92 valence electrons. The summed E-state index contributed by atoms with van der Waals surface area (Å²) in [5.74, 6) is 2.06. The molecule has 0 aromatic carbocycles. The van der Waals surface area contributed by atoms with E-state index < -0.39 is 0 Å². The van der Waals surface area contributed by atoms with Gasteiger partial charge in [0.1, 0.15) is 12.2 Å². The lowest BCUT2D eigenvalue weighted by molar-refractivity contribution is 0.407. The van der Waals surface area contributed by atoms with Crippen molar-refractivity contribution < 1.29 is 0 Å². The van der Waals surface area contributed by atoms with Gasteiger partial charge in [-0.25, -0.2) is 4.98 Å². The van der Waals surface area contributed by atoms with E-state index in [2.05, 4.69) is 29.0 Å². The Morgan fingerprint density at radius 1 is 1.35 bits per heavy atom. The summed E-state index contributed by atoms with van der Waals surface area (Å²) in [7, 11) is 0. The summed E-state index contributed by atoms with van der Waals surface area (Å²) in [4.78, 5) is 4.09. The molecule has 2 N–H and O–H groups in total. The van der Waals surface area contributed by atoms with E-state index in [4.69, 9.17) is 5.73 Å². The minimum atomic E-state index is 0.461.